The monoisotopic (exact) mass is 481 g/mol. The molecule has 0 aliphatic heterocycles. The third-order valence-corrected chi connectivity index (χ3v) is 7.84. The highest BCUT2D eigenvalue weighted by atomic mass is 32.1. The summed E-state index contributed by atoms with van der Waals surface area (Å²) in [7, 11) is 2.20. The maximum absolute atomic E-state index is 2.38. The second-order valence-electron chi connectivity index (χ2n) is 7.49. The summed E-state index contributed by atoms with van der Waals surface area (Å²) in [5.74, 6) is 0. The molecule has 0 saturated heterocycles. The van der Waals surface area contributed by atoms with E-state index in [2.05, 4.69) is 107 Å². The lowest BCUT2D eigenvalue weighted by Gasteiger charge is -2.09. The lowest BCUT2D eigenvalue weighted by Crippen LogP contribution is -1.93. The van der Waals surface area contributed by atoms with Crippen molar-refractivity contribution < 1.29 is 0 Å². The summed E-state index contributed by atoms with van der Waals surface area (Å²) in [6.07, 6.45) is 0. The summed E-state index contributed by atoms with van der Waals surface area (Å²) < 4.78 is 2.38. The van der Waals surface area contributed by atoms with Gasteiger partial charge in [0.05, 0.1) is 21.1 Å². The third-order valence-electron chi connectivity index (χ3n) is 5.45. The van der Waals surface area contributed by atoms with E-state index in [1.165, 1.54) is 43.4 Å². The summed E-state index contributed by atoms with van der Waals surface area (Å²) in [5, 5.41) is 8.40. The van der Waals surface area contributed by atoms with E-state index < -0.39 is 0 Å². The minimum Gasteiger partial charge on any atom is -0.341 e. The zero-order valence-electron chi connectivity index (χ0n) is 18.2. The van der Waals surface area contributed by atoms with E-state index in [9.17, 15) is 0 Å². The highest BCUT2D eigenvalue weighted by molar-refractivity contribution is 7.14. The average Bonchev–Trinajstić information content (AvgIpc) is 3.68. The molecule has 0 unspecified atom stereocenters. The molecule has 0 spiro atoms. The van der Waals surface area contributed by atoms with Crippen LogP contribution in [0.2, 0.25) is 0 Å². The van der Waals surface area contributed by atoms with Crippen molar-refractivity contribution in [2.45, 2.75) is 0 Å². The first-order valence-corrected chi connectivity index (χ1v) is 13.4. The Bertz CT molecular complexity index is 1260. The number of rotatable bonds is 4. The van der Waals surface area contributed by atoms with Gasteiger partial charge < -0.3 is 4.57 Å². The molecule has 162 valence electrons. The normalized spacial score (nSPS) is 10.6. The van der Waals surface area contributed by atoms with Crippen molar-refractivity contribution in [3.8, 4) is 43.4 Å². The van der Waals surface area contributed by atoms with Crippen LogP contribution in [0, 0.1) is 0 Å². The van der Waals surface area contributed by atoms with Crippen molar-refractivity contribution >= 4 is 34.0 Å². The predicted molar refractivity (Wildman–Crippen MR) is 147 cm³/mol. The van der Waals surface area contributed by atoms with Crippen molar-refractivity contribution in [2.24, 2.45) is 7.05 Å². The molecule has 0 aliphatic rings. The fourth-order valence-corrected chi connectivity index (χ4v) is 6.16. The average molecular weight is 482 g/mol. The minimum atomic E-state index is 1.25. The van der Waals surface area contributed by atoms with E-state index in [1.807, 2.05) is 22.9 Å². The Morgan fingerprint density at radius 3 is 1.27 bits per heavy atom. The Kier molecular flexibility index (Phi) is 6.68. The second kappa shape index (κ2) is 10.2. The maximum atomic E-state index is 2.38. The van der Waals surface area contributed by atoms with Crippen LogP contribution in [0.4, 0.5) is 0 Å². The van der Waals surface area contributed by atoms with Crippen molar-refractivity contribution in [1.82, 2.24) is 4.57 Å². The molecule has 4 heterocycles. The summed E-state index contributed by atoms with van der Waals surface area (Å²) in [6.45, 7) is 0. The van der Waals surface area contributed by atoms with Crippen molar-refractivity contribution in [2.75, 3.05) is 0 Å². The molecule has 0 radical (unpaired) electrons. The molecule has 4 aromatic heterocycles. The molecule has 0 bridgehead atoms. The fraction of sp³-hybridized carbons (Fsp3) is 0.0345. The van der Waals surface area contributed by atoms with Crippen LogP contribution in [-0.4, -0.2) is 4.57 Å². The second-order valence-corrected chi connectivity index (χ2v) is 10.2. The first kappa shape index (κ1) is 21.7. The van der Waals surface area contributed by atoms with Gasteiger partial charge in [0.15, 0.2) is 0 Å². The van der Waals surface area contributed by atoms with Gasteiger partial charge in [-0.05, 0) is 44.8 Å². The van der Waals surface area contributed by atoms with Gasteiger partial charge in [0.2, 0.25) is 0 Å². The van der Waals surface area contributed by atoms with Gasteiger partial charge in [-0.15, -0.1) is 22.7 Å². The Balaban J connectivity index is 0.000000406. The largest absolute Gasteiger partial charge is 0.341 e. The van der Waals surface area contributed by atoms with E-state index in [0.717, 1.165) is 0 Å². The first-order valence-electron chi connectivity index (χ1n) is 10.7. The van der Waals surface area contributed by atoms with Gasteiger partial charge in [0.1, 0.15) is 0 Å². The van der Waals surface area contributed by atoms with Gasteiger partial charge in [0.25, 0.3) is 0 Å². The molecular weight excluding hydrogens is 459 g/mol. The Hall–Kier alpha value is -3.18. The Morgan fingerprint density at radius 1 is 0.485 bits per heavy atom. The SMILES string of the molecule is Cn1c(-c2cccs2)c(-c2ccccc2)c(-c2ccccc2)c1-c1cccs1.c1ccsc1. The molecular formula is C29H23NS3. The van der Waals surface area contributed by atoms with E-state index >= 15 is 0 Å². The van der Waals surface area contributed by atoms with E-state index in [-0.39, 0.29) is 0 Å². The van der Waals surface area contributed by atoms with Gasteiger partial charge in [0, 0.05) is 18.2 Å². The van der Waals surface area contributed by atoms with Crippen LogP contribution in [0.25, 0.3) is 43.4 Å². The summed E-state index contributed by atoms with van der Waals surface area (Å²) in [5.41, 5.74) is 7.68. The lowest BCUT2D eigenvalue weighted by atomic mass is 9.94. The number of benzene rings is 2. The van der Waals surface area contributed by atoms with Crippen LogP contribution in [0.1, 0.15) is 0 Å². The molecule has 4 heteroatoms. The molecule has 0 amide bonds. The van der Waals surface area contributed by atoms with Crippen LogP contribution in [-0.2, 0) is 7.05 Å². The van der Waals surface area contributed by atoms with E-state index in [1.54, 1.807) is 34.0 Å². The molecule has 1 nitrogen and oxygen atoms in total. The Labute approximate surface area is 206 Å². The smallest absolute Gasteiger partial charge is 0.0670 e. The maximum Gasteiger partial charge on any atom is 0.0670 e. The molecule has 33 heavy (non-hydrogen) atoms. The molecule has 0 saturated carbocycles. The quantitative estimate of drug-likeness (QED) is 0.236. The summed E-state index contributed by atoms with van der Waals surface area (Å²) >= 11 is 5.31. The topological polar surface area (TPSA) is 4.93 Å². The molecule has 0 fully saturated rings. The van der Waals surface area contributed by atoms with Gasteiger partial charge in [-0.3, -0.25) is 0 Å². The number of nitrogens with zero attached hydrogens (tertiary/aromatic N) is 1. The van der Waals surface area contributed by atoms with Gasteiger partial charge in [-0.2, -0.15) is 11.3 Å². The molecule has 0 N–H and O–H groups in total. The van der Waals surface area contributed by atoms with Crippen LogP contribution in [0.15, 0.2) is 119 Å². The predicted octanol–water partition coefficient (Wildman–Crippen LogP) is 9.56. The summed E-state index contributed by atoms with van der Waals surface area (Å²) in [4.78, 5) is 2.59. The van der Waals surface area contributed by atoms with Crippen LogP contribution in [0.5, 0.6) is 0 Å². The lowest BCUT2D eigenvalue weighted by molar-refractivity contribution is 0.952. The number of thiophene rings is 3. The molecule has 2 aromatic carbocycles. The molecule has 0 atom stereocenters. The number of aromatic nitrogens is 1. The molecule has 0 aliphatic carbocycles. The number of hydrogen-bond acceptors (Lipinski definition) is 3. The van der Waals surface area contributed by atoms with Crippen LogP contribution < -0.4 is 0 Å². The highest BCUT2D eigenvalue weighted by Crippen LogP contribution is 2.49. The van der Waals surface area contributed by atoms with Gasteiger partial charge in [-0.25, -0.2) is 0 Å². The highest BCUT2D eigenvalue weighted by Gasteiger charge is 2.26. The van der Waals surface area contributed by atoms with Crippen molar-refractivity contribution in [3.05, 3.63) is 119 Å². The van der Waals surface area contributed by atoms with Gasteiger partial charge >= 0.3 is 0 Å². The summed E-state index contributed by atoms with van der Waals surface area (Å²) in [6, 6.07) is 34.3. The van der Waals surface area contributed by atoms with Crippen molar-refractivity contribution in [3.63, 3.8) is 0 Å². The minimum absolute atomic E-state index is 1.25. The fourth-order valence-electron chi connectivity index (χ4n) is 4.09. The van der Waals surface area contributed by atoms with Crippen LogP contribution in [0.3, 0.4) is 0 Å². The first-order chi connectivity index (χ1) is 16.3. The van der Waals surface area contributed by atoms with Gasteiger partial charge in [-0.1, -0.05) is 84.9 Å². The standard InChI is InChI=1S/C25H19NS2.C4H4S/c1-26-24(20-14-8-16-27-20)22(18-10-4-2-5-11-18)23(19-12-6-3-7-13-19)25(26)21-15-9-17-28-21;1-2-4-5-3-1/h2-17H,1H3;1-4H. The molecule has 6 rings (SSSR count). The molecule has 6 aromatic rings. The van der Waals surface area contributed by atoms with Crippen molar-refractivity contribution in [1.29, 1.82) is 0 Å². The van der Waals surface area contributed by atoms with Crippen LogP contribution >= 0.6 is 34.0 Å². The zero-order valence-corrected chi connectivity index (χ0v) is 20.7. The Morgan fingerprint density at radius 2 is 0.939 bits per heavy atom. The van der Waals surface area contributed by atoms with E-state index in [0.29, 0.717) is 0 Å². The van der Waals surface area contributed by atoms with E-state index in [4.69, 9.17) is 0 Å². The zero-order chi connectivity index (χ0) is 22.5. The number of hydrogen-bond donors (Lipinski definition) is 0. The third kappa shape index (κ3) is 4.51.